The molecule has 3 atom stereocenters. The number of rotatable bonds is 4. The van der Waals surface area contributed by atoms with E-state index in [0.29, 0.717) is 25.2 Å². The number of nitrogens with zero attached hydrogens (tertiary/aromatic N) is 2. The first-order valence-corrected chi connectivity index (χ1v) is 7.95. The normalized spacial score (nSPS) is 30.2. The van der Waals surface area contributed by atoms with Crippen LogP contribution in [-0.2, 0) is 9.53 Å². The average molecular weight is 283 g/mol. The van der Waals surface area contributed by atoms with Crippen molar-refractivity contribution >= 4 is 5.91 Å². The van der Waals surface area contributed by atoms with Gasteiger partial charge in [-0.25, -0.2) is 0 Å². The average Bonchev–Trinajstić information content (AvgIpc) is 2.53. The smallest absolute Gasteiger partial charge is 0.239 e. The Labute approximate surface area is 122 Å². The summed E-state index contributed by atoms with van der Waals surface area (Å²) in [5, 5.41) is 3.42. The lowest BCUT2D eigenvalue weighted by molar-refractivity contribution is -0.141. The quantitative estimate of drug-likeness (QED) is 0.818. The molecule has 20 heavy (non-hydrogen) atoms. The first-order valence-electron chi connectivity index (χ1n) is 7.95. The van der Waals surface area contributed by atoms with Gasteiger partial charge in [0.15, 0.2) is 0 Å². The van der Waals surface area contributed by atoms with Gasteiger partial charge in [0.2, 0.25) is 5.91 Å². The molecule has 5 nitrogen and oxygen atoms in total. The molecule has 3 unspecified atom stereocenters. The lowest BCUT2D eigenvalue weighted by Gasteiger charge is -2.42. The number of morpholine rings is 1. The topological polar surface area (TPSA) is 44.8 Å². The van der Waals surface area contributed by atoms with Gasteiger partial charge < -0.3 is 15.0 Å². The van der Waals surface area contributed by atoms with Gasteiger partial charge in [-0.15, -0.1) is 0 Å². The Morgan fingerprint density at radius 3 is 2.65 bits per heavy atom. The Kier molecular flexibility index (Phi) is 5.81. The molecule has 0 saturated carbocycles. The van der Waals surface area contributed by atoms with E-state index in [1.165, 1.54) is 6.42 Å². The molecule has 2 aliphatic rings. The zero-order chi connectivity index (χ0) is 14.5. The van der Waals surface area contributed by atoms with E-state index in [1.54, 1.807) is 0 Å². The van der Waals surface area contributed by atoms with Gasteiger partial charge in [0.25, 0.3) is 0 Å². The molecule has 1 amide bonds. The number of carbonyl (C=O) groups excluding carboxylic acids is 1. The molecule has 0 aromatic carbocycles. The largest absolute Gasteiger partial charge is 0.378 e. The van der Waals surface area contributed by atoms with Crippen molar-refractivity contribution in [2.24, 2.45) is 5.92 Å². The van der Waals surface area contributed by atoms with Crippen molar-refractivity contribution in [2.45, 2.75) is 38.8 Å². The highest BCUT2D eigenvalue weighted by Gasteiger charge is 2.33. The fourth-order valence-corrected chi connectivity index (χ4v) is 3.41. The number of nitrogens with one attached hydrogen (secondary N) is 1. The fourth-order valence-electron chi connectivity index (χ4n) is 3.41. The minimum Gasteiger partial charge on any atom is -0.378 e. The Morgan fingerprint density at radius 1 is 1.35 bits per heavy atom. The van der Waals surface area contributed by atoms with Crippen LogP contribution >= 0.6 is 0 Å². The summed E-state index contributed by atoms with van der Waals surface area (Å²) in [6, 6.07) is 0.599. The second-order valence-corrected chi connectivity index (χ2v) is 5.96. The predicted molar refractivity (Wildman–Crippen MR) is 79.7 cm³/mol. The van der Waals surface area contributed by atoms with Crippen LogP contribution in [0.15, 0.2) is 0 Å². The maximum Gasteiger partial charge on any atom is 0.239 e. The highest BCUT2D eigenvalue weighted by molar-refractivity contribution is 5.81. The molecular formula is C15H29N3O2. The van der Waals surface area contributed by atoms with E-state index >= 15 is 0 Å². The fraction of sp³-hybridized carbons (Fsp3) is 0.933. The summed E-state index contributed by atoms with van der Waals surface area (Å²) < 4.78 is 5.32. The molecule has 0 aliphatic carbocycles. The van der Waals surface area contributed by atoms with Crippen molar-refractivity contribution < 1.29 is 9.53 Å². The molecule has 116 valence electrons. The standard InChI is InChI=1S/C15H29N3O2/c1-4-13-11-18(6-5-14(13)16-3)12(2)15(19)17-7-9-20-10-8-17/h12-14,16H,4-11H2,1-3H3. The molecule has 2 fully saturated rings. The first kappa shape index (κ1) is 15.7. The van der Waals surface area contributed by atoms with Gasteiger partial charge in [-0.2, -0.15) is 0 Å². The molecule has 2 rings (SSSR count). The highest BCUT2D eigenvalue weighted by atomic mass is 16.5. The molecule has 2 aliphatic heterocycles. The van der Waals surface area contributed by atoms with Crippen LogP contribution in [-0.4, -0.2) is 74.2 Å². The zero-order valence-electron chi connectivity index (χ0n) is 13.1. The zero-order valence-corrected chi connectivity index (χ0v) is 13.1. The lowest BCUT2D eigenvalue weighted by Crippen LogP contribution is -2.56. The Morgan fingerprint density at radius 2 is 2.05 bits per heavy atom. The molecule has 0 bridgehead atoms. The monoisotopic (exact) mass is 283 g/mol. The maximum absolute atomic E-state index is 12.6. The van der Waals surface area contributed by atoms with Crippen molar-refractivity contribution in [3.05, 3.63) is 0 Å². The molecule has 0 spiro atoms. The summed E-state index contributed by atoms with van der Waals surface area (Å²) in [6.45, 7) is 9.19. The molecule has 1 N–H and O–H groups in total. The van der Waals surface area contributed by atoms with Gasteiger partial charge in [0, 0.05) is 32.2 Å². The summed E-state index contributed by atoms with van der Waals surface area (Å²) in [6.07, 6.45) is 2.30. The van der Waals surface area contributed by atoms with Crippen molar-refractivity contribution in [2.75, 3.05) is 46.4 Å². The van der Waals surface area contributed by atoms with E-state index in [9.17, 15) is 4.79 Å². The summed E-state index contributed by atoms with van der Waals surface area (Å²) in [7, 11) is 2.05. The second kappa shape index (κ2) is 7.38. The van der Waals surface area contributed by atoms with Crippen LogP contribution in [0.4, 0.5) is 0 Å². The van der Waals surface area contributed by atoms with Crippen molar-refractivity contribution in [1.29, 1.82) is 0 Å². The summed E-state index contributed by atoms with van der Waals surface area (Å²) >= 11 is 0. The third-order valence-corrected chi connectivity index (χ3v) is 4.89. The van der Waals surface area contributed by atoms with E-state index in [4.69, 9.17) is 4.74 Å². The van der Waals surface area contributed by atoms with Crippen LogP contribution in [0, 0.1) is 5.92 Å². The van der Waals surface area contributed by atoms with Gasteiger partial charge in [-0.1, -0.05) is 13.3 Å². The van der Waals surface area contributed by atoms with Gasteiger partial charge in [0.05, 0.1) is 19.3 Å². The highest BCUT2D eigenvalue weighted by Crippen LogP contribution is 2.22. The van der Waals surface area contributed by atoms with Crippen LogP contribution in [0.2, 0.25) is 0 Å². The Hall–Kier alpha value is -0.650. The van der Waals surface area contributed by atoms with E-state index in [0.717, 1.165) is 32.6 Å². The maximum atomic E-state index is 12.6. The number of likely N-dealkylation sites (tertiary alicyclic amines) is 1. The van der Waals surface area contributed by atoms with Crippen LogP contribution < -0.4 is 5.32 Å². The summed E-state index contributed by atoms with van der Waals surface area (Å²) in [5.41, 5.74) is 0. The SMILES string of the molecule is CCC1CN(C(C)C(=O)N2CCOCC2)CCC1NC. The van der Waals surface area contributed by atoms with E-state index < -0.39 is 0 Å². The first-order chi connectivity index (χ1) is 9.67. The number of piperidine rings is 1. The summed E-state index contributed by atoms with van der Waals surface area (Å²) in [4.78, 5) is 16.9. The van der Waals surface area contributed by atoms with E-state index in [2.05, 4.69) is 24.1 Å². The second-order valence-electron chi connectivity index (χ2n) is 5.96. The molecule has 0 aromatic rings. The molecule has 5 heteroatoms. The van der Waals surface area contributed by atoms with Crippen LogP contribution in [0.1, 0.15) is 26.7 Å². The molecule has 2 saturated heterocycles. The van der Waals surface area contributed by atoms with Crippen molar-refractivity contribution in [3.63, 3.8) is 0 Å². The Bertz CT molecular complexity index is 318. The number of carbonyl (C=O) groups is 1. The van der Waals surface area contributed by atoms with Crippen LogP contribution in [0.25, 0.3) is 0 Å². The lowest BCUT2D eigenvalue weighted by atomic mass is 9.89. The number of hydrogen-bond acceptors (Lipinski definition) is 4. The molecule has 2 heterocycles. The number of hydrogen-bond donors (Lipinski definition) is 1. The van der Waals surface area contributed by atoms with Crippen LogP contribution in [0.3, 0.4) is 0 Å². The Balaban J connectivity index is 1.91. The van der Waals surface area contributed by atoms with Gasteiger partial charge in [0.1, 0.15) is 0 Å². The van der Waals surface area contributed by atoms with E-state index in [1.807, 2.05) is 11.9 Å². The molecule has 0 radical (unpaired) electrons. The summed E-state index contributed by atoms with van der Waals surface area (Å²) in [5.74, 6) is 0.916. The van der Waals surface area contributed by atoms with Crippen LogP contribution in [0.5, 0.6) is 0 Å². The van der Waals surface area contributed by atoms with Gasteiger partial charge in [-0.05, 0) is 26.3 Å². The van der Waals surface area contributed by atoms with Crippen molar-refractivity contribution in [3.8, 4) is 0 Å². The van der Waals surface area contributed by atoms with Crippen molar-refractivity contribution in [1.82, 2.24) is 15.1 Å². The third kappa shape index (κ3) is 3.51. The predicted octanol–water partition coefficient (Wildman–Crippen LogP) is 0.554. The molecular weight excluding hydrogens is 254 g/mol. The van der Waals surface area contributed by atoms with Gasteiger partial charge in [-0.3, -0.25) is 9.69 Å². The minimum atomic E-state index is -0.0000406. The van der Waals surface area contributed by atoms with Gasteiger partial charge >= 0.3 is 0 Å². The third-order valence-electron chi connectivity index (χ3n) is 4.89. The number of ether oxygens (including phenoxy) is 1. The van der Waals surface area contributed by atoms with E-state index in [-0.39, 0.29) is 11.9 Å². The molecule has 0 aromatic heterocycles. The number of amides is 1. The minimum absolute atomic E-state index is 0.0000406.